The van der Waals surface area contributed by atoms with Gasteiger partial charge in [0.1, 0.15) is 11.3 Å². The number of hydrogen-bond acceptors (Lipinski definition) is 4. The van der Waals surface area contributed by atoms with Crippen molar-refractivity contribution < 1.29 is 9.53 Å². The number of aryl methyl sites for hydroxylation is 1. The fourth-order valence-corrected chi connectivity index (χ4v) is 2.25. The van der Waals surface area contributed by atoms with Crippen LogP contribution in [-0.2, 0) is 11.8 Å². The Bertz CT molecular complexity index is 831. The molecule has 1 amide bonds. The van der Waals surface area contributed by atoms with E-state index in [-0.39, 0.29) is 12.5 Å². The molecule has 2 aromatic heterocycles. The van der Waals surface area contributed by atoms with Crippen LogP contribution < -0.4 is 10.1 Å². The van der Waals surface area contributed by atoms with Crippen molar-refractivity contribution in [2.75, 3.05) is 11.9 Å². The summed E-state index contributed by atoms with van der Waals surface area (Å²) in [5, 5.41) is 8.09. The number of hydrogen-bond donors (Lipinski definition) is 1. The fourth-order valence-electron chi connectivity index (χ4n) is 2.03. The van der Waals surface area contributed by atoms with Gasteiger partial charge >= 0.3 is 0 Å². The van der Waals surface area contributed by atoms with Crippen molar-refractivity contribution in [2.45, 2.75) is 0 Å². The maximum Gasteiger partial charge on any atom is 0.263 e. The lowest BCUT2D eigenvalue weighted by Crippen LogP contribution is -2.20. The molecule has 0 aliphatic carbocycles. The zero-order valence-corrected chi connectivity index (χ0v) is 12.5. The van der Waals surface area contributed by atoms with E-state index in [1.54, 1.807) is 48.4 Å². The molecule has 0 fully saturated rings. The predicted octanol–water partition coefficient (Wildman–Crippen LogP) is 2.64. The number of pyridine rings is 1. The number of nitrogens with zero attached hydrogens (tertiary/aromatic N) is 3. The van der Waals surface area contributed by atoms with Crippen LogP contribution >= 0.6 is 11.6 Å². The Balaban J connectivity index is 1.71. The van der Waals surface area contributed by atoms with E-state index in [1.807, 2.05) is 6.07 Å². The number of nitrogens with one attached hydrogen (secondary N) is 1. The molecule has 0 saturated carbocycles. The van der Waals surface area contributed by atoms with E-state index < -0.39 is 0 Å². The number of halogens is 1. The van der Waals surface area contributed by atoms with E-state index in [0.717, 1.165) is 5.39 Å². The summed E-state index contributed by atoms with van der Waals surface area (Å²) in [5.41, 5.74) is 0.626. The molecule has 1 N–H and O–H groups in total. The van der Waals surface area contributed by atoms with Gasteiger partial charge in [0.25, 0.3) is 5.91 Å². The Hall–Kier alpha value is -2.60. The van der Waals surface area contributed by atoms with Crippen LogP contribution in [0.4, 0.5) is 5.82 Å². The van der Waals surface area contributed by atoms with Crippen molar-refractivity contribution in [3.8, 4) is 5.75 Å². The molecule has 0 atom stereocenters. The highest BCUT2D eigenvalue weighted by Gasteiger charge is 2.10. The van der Waals surface area contributed by atoms with Crippen LogP contribution in [0.25, 0.3) is 10.9 Å². The van der Waals surface area contributed by atoms with Gasteiger partial charge in [-0.25, -0.2) is 0 Å². The first-order valence-electron chi connectivity index (χ1n) is 6.59. The Morgan fingerprint density at radius 1 is 1.36 bits per heavy atom. The molecular formula is C15H13ClN4O2. The van der Waals surface area contributed by atoms with Crippen LogP contribution in [0.1, 0.15) is 0 Å². The largest absolute Gasteiger partial charge is 0.481 e. The molecule has 0 unspecified atom stereocenters. The zero-order valence-electron chi connectivity index (χ0n) is 11.8. The SMILES string of the molecule is Cn1ccc(NC(=O)COc2ccc(Cl)c3cccnc23)n1. The number of carbonyl (C=O) groups excluding carboxylic acids is 1. The number of ether oxygens (including phenoxy) is 1. The molecule has 0 bridgehead atoms. The van der Waals surface area contributed by atoms with Crippen molar-refractivity contribution in [3.05, 3.63) is 47.7 Å². The third kappa shape index (κ3) is 3.01. The van der Waals surface area contributed by atoms with E-state index in [0.29, 0.717) is 22.1 Å². The van der Waals surface area contributed by atoms with Gasteiger partial charge in [0.2, 0.25) is 0 Å². The normalized spacial score (nSPS) is 10.6. The van der Waals surface area contributed by atoms with Gasteiger partial charge in [0, 0.05) is 30.9 Å². The molecule has 0 saturated heterocycles. The minimum absolute atomic E-state index is 0.135. The quantitative estimate of drug-likeness (QED) is 0.803. The van der Waals surface area contributed by atoms with Crippen LogP contribution in [0.2, 0.25) is 5.02 Å². The predicted molar refractivity (Wildman–Crippen MR) is 84.1 cm³/mol. The monoisotopic (exact) mass is 316 g/mol. The zero-order chi connectivity index (χ0) is 15.5. The van der Waals surface area contributed by atoms with Crippen LogP contribution in [-0.4, -0.2) is 27.3 Å². The summed E-state index contributed by atoms with van der Waals surface area (Å²) < 4.78 is 7.15. The number of rotatable bonds is 4. The van der Waals surface area contributed by atoms with Gasteiger partial charge in [0.15, 0.2) is 12.4 Å². The third-order valence-electron chi connectivity index (χ3n) is 3.02. The highest BCUT2D eigenvalue weighted by atomic mass is 35.5. The van der Waals surface area contributed by atoms with E-state index in [2.05, 4.69) is 15.4 Å². The van der Waals surface area contributed by atoms with Gasteiger partial charge in [-0.15, -0.1) is 0 Å². The molecule has 3 rings (SSSR count). The van der Waals surface area contributed by atoms with Crippen molar-refractivity contribution in [1.82, 2.24) is 14.8 Å². The number of benzene rings is 1. The van der Waals surface area contributed by atoms with E-state index in [9.17, 15) is 4.79 Å². The van der Waals surface area contributed by atoms with Gasteiger partial charge in [-0.3, -0.25) is 14.5 Å². The van der Waals surface area contributed by atoms with Crippen LogP contribution in [0.5, 0.6) is 5.75 Å². The fraction of sp³-hybridized carbons (Fsp3) is 0.133. The Morgan fingerprint density at radius 2 is 2.23 bits per heavy atom. The van der Waals surface area contributed by atoms with Crippen molar-refractivity contribution in [2.24, 2.45) is 7.05 Å². The summed E-state index contributed by atoms with van der Waals surface area (Å²) >= 11 is 6.12. The molecule has 0 aliphatic rings. The minimum Gasteiger partial charge on any atom is -0.481 e. The second-order valence-electron chi connectivity index (χ2n) is 4.66. The Kier molecular flexibility index (Phi) is 3.93. The molecule has 3 aromatic rings. The lowest BCUT2D eigenvalue weighted by Gasteiger charge is -2.09. The smallest absolute Gasteiger partial charge is 0.263 e. The van der Waals surface area contributed by atoms with Crippen LogP contribution in [0, 0.1) is 0 Å². The third-order valence-corrected chi connectivity index (χ3v) is 3.35. The molecular weight excluding hydrogens is 304 g/mol. The van der Waals surface area contributed by atoms with Crippen molar-refractivity contribution in [3.63, 3.8) is 0 Å². The molecule has 112 valence electrons. The first kappa shape index (κ1) is 14.3. The Morgan fingerprint density at radius 3 is 3.00 bits per heavy atom. The second-order valence-corrected chi connectivity index (χ2v) is 5.06. The highest BCUT2D eigenvalue weighted by molar-refractivity contribution is 6.35. The standard InChI is InChI=1S/C15H13ClN4O2/c1-20-8-6-13(19-20)18-14(21)9-22-12-5-4-11(16)10-3-2-7-17-15(10)12/h2-8H,9H2,1H3,(H,18,19,21). The topological polar surface area (TPSA) is 69.0 Å². The van der Waals surface area contributed by atoms with E-state index in [4.69, 9.17) is 16.3 Å². The van der Waals surface area contributed by atoms with Gasteiger partial charge < -0.3 is 10.1 Å². The highest BCUT2D eigenvalue weighted by Crippen LogP contribution is 2.29. The molecule has 2 heterocycles. The van der Waals surface area contributed by atoms with Gasteiger partial charge in [-0.2, -0.15) is 5.10 Å². The van der Waals surface area contributed by atoms with Crippen molar-refractivity contribution >= 4 is 34.2 Å². The Labute approximate surface area is 131 Å². The van der Waals surface area contributed by atoms with Crippen molar-refractivity contribution in [1.29, 1.82) is 0 Å². The number of fused-ring (bicyclic) bond motifs is 1. The minimum atomic E-state index is -0.294. The maximum atomic E-state index is 11.9. The van der Waals surface area contributed by atoms with Gasteiger partial charge in [0.05, 0.1) is 5.02 Å². The molecule has 0 radical (unpaired) electrons. The average Bonchev–Trinajstić information content (AvgIpc) is 2.92. The van der Waals surface area contributed by atoms with Crippen LogP contribution in [0.3, 0.4) is 0 Å². The summed E-state index contributed by atoms with van der Waals surface area (Å²) in [5.74, 6) is 0.698. The molecule has 0 aliphatic heterocycles. The molecule has 22 heavy (non-hydrogen) atoms. The lowest BCUT2D eigenvalue weighted by molar-refractivity contribution is -0.118. The van der Waals surface area contributed by atoms with Gasteiger partial charge in [-0.05, 0) is 24.3 Å². The number of carbonyl (C=O) groups is 1. The summed E-state index contributed by atoms with van der Waals surface area (Å²) in [6.07, 6.45) is 3.40. The summed E-state index contributed by atoms with van der Waals surface area (Å²) in [6.45, 7) is -0.135. The van der Waals surface area contributed by atoms with Gasteiger partial charge in [-0.1, -0.05) is 11.6 Å². The number of aromatic nitrogens is 3. The molecule has 0 spiro atoms. The summed E-state index contributed by atoms with van der Waals surface area (Å²) in [7, 11) is 1.78. The maximum absolute atomic E-state index is 11.9. The number of anilines is 1. The molecule has 7 heteroatoms. The average molecular weight is 317 g/mol. The van der Waals surface area contributed by atoms with E-state index >= 15 is 0 Å². The molecule has 6 nitrogen and oxygen atoms in total. The lowest BCUT2D eigenvalue weighted by atomic mass is 10.2. The summed E-state index contributed by atoms with van der Waals surface area (Å²) in [4.78, 5) is 16.1. The first-order valence-corrected chi connectivity index (χ1v) is 6.97. The second kappa shape index (κ2) is 6.03. The first-order chi connectivity index (χ1) is 10.6. The van der Waals surface area contributed by atoms with E-state index in [1.165, 1.54) is 0 Å². The van der Waals surface area contributed by atoms with Crippen LogP contribution in [0.15, 0.2) is 42.7 Å². The summed E-state index contributed by atoms with van der Waals surface area (Å²) in [6, 6.07) is 8.78. The molecule has 1 aromatic carbocycles. The number of amides is 1.